The number of nitrogens with two attached hydrogens (primary N) is 2. The van der Waals surface area contributed by atoms with E-state index >= 15 is 0 Å². The van der Waals surface area contributed by atoms with Crippen LogP contribution in [0.5, 0.6) is 0 Å². The molecule has 0 aliphatic rings. The Labute approximate surface area is 117 Å². The minimum atomic E-state index is -0.317. The molecule has 3 rings (SSSR count). The molecule has 20 heavy (non-hydrogen) atoms. The molecule has 0 fully saturated rings. The summed E-state index contributed by atoms with van der Waals surface area (Å²) in [4.78, 5) is 12.6. The standard InChI is InChI=1S/C12H12N6OS/c1-6-2-3-7(8(13)4-6)5-9-10(19)18-12(16-15-9)20-11(14)17-18/h2-4H,5,13H2,1H3,(H2,14,17). The van der Waals surface area contributed by atoms with E-state index in [1.165, 1.54) is 4.52 Å². The second-order valence-electron chi connectivity index (χ2n) is 4.47. The van der Waals surface area contributed by atoms with Crippen molar-refractivity contribution >= 4 is 27.1 Å². The predicted octanol–water partition coefficient (Wildman–Crippen LogP) is 0.610. The molecule has 1 aromatic carbocycles. The van der Waals surface area contributed by atoms with Gasteiger partial charge in [0.25, 0.3) is 5.56 Å². The van der Waals surface area contributed by atoms with Gasteiger partial charge >= 0.3 is 0 Å². The minimum Gasteiger partial charge on any atom is -0.398 e. The zero-order chi connectivity index (χ0) is 14.3. The van der Waals surface area contributed by atoms with Gasteiger partial charge in [-0.2, -0.15) is 4.52 Å². The summed E-state index contributed by atoms with van der Waals surface area (Å²) in [7, 11) is 0. The van der Waals surface area contributed by atoms with E-state index in [0.717, 1.165) is 22.5 Å². The molecule has 8 heteroatoms. The van der Waals surface area contributed by atoms with E-state index in [-0.39, 0.29) is 10.7 Å². The number of aryl methyl sites for hydroxylation is 1. The summed E-state index contributed by atoms with van der Waals surface area (Å²) in [5.74, 6) is 0. The zero-order valence-corrected chi connectivity index (χ0v) is 11.5. The van der Waals surface area contributed by atoms with Crippen molar-refractivity contribution in [1.29, 1.82) is 0 Å². The number of nitrogen functional groups attached to an aromatic ring is 2. The minimum absolute atomic E-state index is 0.281. The van der Waals surface area contributed by atoms with Gasteiger partial charge in [0.1, 0.15) is 5.69 Å². The van der Waals surface area contributed by atoms with Gasteiger partial charge in [-0.15, -0.1) is 15.3 Å². The number of benzene rings is 1. The van der Waals surface area contributed by atoms with E-state index in [0.29, 0.717) is 22.8 Å². The summed E-state index contributed by atoms with van der Waals surface area (Å²) in [5.41, 5.74) is 14.0. The molecule has 2 heterocycles. The maximum Gasteiger partial charge on any atom is 0.297 e. The van der Waals surface area contributed by atoms with Gasteiger partial charge in [0.15, 0.2) is 0 Å². The number of hydrogen-bond donors (Lipinski definition) is 2. The van der Waals surface area contributed by atoms with Crippen LogP contribution >= 0.6 is 11.3 Å². The molecule has 7 nitrogen and oxygen atoms in total. The van der Waals surface area contributed by atoms with Crippen molar-refractivity contribution in [3.05, 3.63) is 45.4 Å². The third-order valence-corrected chi connectivity index (χ3v) is 3.66. The maximum atomic E-state index is 12.2. The average Bonchev–Trinajstić information content (AvgIpc) is 2.77. The molecule has 0 bridgehead atoms. The highest BCUT2D eigenvalue weighted by atomic mass is 32.1. The second kappa shape index (κ2) is 4.57. The number of hydrogen-bond acceptors (Lipinski definition) is 7. The molecule has 0 aliphatic heterocycles. The summed E-state index contributed by atoms with van der Waals surface area (Å²) in [6, 6.07) is 5.69. The van der Waals surface area contributed by atoms with Crippen LogP contribution in [0.1, 0.15) is 16.8 Å². The van der Waals surface area contributed by atoms with Crippen molar-refractivity contribution in [3.8, 4) is 0 Å². The van der Waals surface area contributed by atoms with Crippen LogP contribution in [0.4, 0.5) is 10.8 Å². The number of aromatic nitrogens is 4. The molecule has 0 aliphatic carbocycles. The van der Waals surface area contributed by atoms with Crippen molar-refractivity contribution in [1.82, 2.24) is 19.8 Å². The van der Waals surface area contributed by atoms with Gasteiger partial charge in [-0.3, -0.25) is 4.79 Å². The normalized spacial score (nSPS) is 11.1. The molecular weight excluding hydrogens is 276 g/mol. The Morgan fingerprint density at radius 2 is 2.10 bits per heavy atom. The van der Waals surface area contributed by atoms with Crippen molar-refractivity contribution in [2.75, 3.05) is 11.5 Å². The first-order valence-corrected chi connectivity index (χ1v) is 6.72. The van der Waals surface area contributed by atoms with Crippen LogP contribution < -0.4 is 17.0 Å². The van der Waals surface area contributed by atoms with Crippen molar-refractivity contribution in [3.63, 3.8) is 0 Å². The molecule has 0 saturated heterocycles. The van der Waals surface area contributed by atoms with E-state index in [9.17, 15) is 4.79 Å². The quantitative estimate of drug-likeness (QED) is 0.668. The van der Waals surface area contributed by atoms with Gasteiger partial charge in [0, 0.05) is 12.1 Å². The van der Waals surface area contributed by atoms with Gasteiger partial charge in [-0.05, 0) is 24.1 Å². The fraction of sp³-hybridized carbons (Fsp3) is 0.167. The Kier molecular flexibility index (Phi) is 2.87. The van der Waals surface area contributed by atoms with Crippen molar-refractivity contribution in [2.45, 2.75) is 13.3 Å². The molecule has 4 N–H and O–H groups in total. The summed E-state index contributed by atoms with van der Waals surface area (Å²) >= 11 is 1.12. The average molecular weight is 288 g/mol. The van der Waals surface area contributed by atoms with Gasteiger partial charge in [-0.1, -0.05) is 23.5 Å². The fourth-order valence-electron chi connectivity index (χ4n) is 1.93. The van der Waals surface area contributed by atoms with Gasteiger partial charge in [-0.25, -0.2) is 0 Å². The lowest BCUT2D eigenvalue weighted by Gasteiger charge is -2.05. The summed E-state index contributed by atoms with van der Waals surface area (Å²) in [5, 5.41) is 12.1. The Balaban J connectivity index is 2.06. The first-order chi connectivity index (χ1) is 9.54. The molecule has 0 amide bonds. The SMILES string of the molecule is Cc1ccc(Cc2nnc3sc(N)nn3c2=O)c(N)c1. The largest absolute Gasteiger partial charge is 0.398 e. The maximum absolute atomic E-state index is 12.2. The van der Waals surface area contributed by atoms with Gasteiger partial charge < -0.3 is 11.5 Å². The number of anilines is 2. The third kappa shape index (κ3) is 2.10. The number of rotatable bonds is 2. The highest BCUT2D eigenvalue weighted by Gasteiger charge is 2.12. The summed E-state index contributed by atoms with van der Waals surface area (Å²) in [6.45, 7) is 1.96. The third-order valence-electron chi connectivity index (χ3n) is 2.93. The Morgan fingerprint density at radius 3 is 2.85 bits per heavy atom. The first-order valence-electron chi connectivity index (χ1n) is 5.90. The second-order valence-corrected chi connectivity index (χ2v) is 5.45. The van der Waals surface area contributed by atoms with Crippen LogP contribution in [-0.4, -0.2) is 19.8 Å². The highest BCUT2D eigenvalue weighted by Crippen LogP contribution is 2.16. The van der Waals surface area contributed by atoms with Crippen molar-refractivity contribution in [2.24, 2.45) is 0 Å². The molecule has 0 saturated carbocycles. The lowest BCUT2D eigenvalue weighted by molar-refractivity contribution is 0.811. The molecule has 3 aromatic rings. The van der Waals surface area contributed by atoms with Crippen LogP contribution in [0.2, 0.25) is 0 Å². The van der Waals surface area contributed by atoms with E-state index in [2.05, 4.69) is 15.3 Å². The molecule has 0 unspecified atom stereocenters. The lowest BCUT2D eigenvalue weighted by atomic mass is 10.1. The zero-order valence-electron chi connectivity index (χ0n) is 10.7. The molecule has 0 spiro atoms. The van der Waals surface area contributed by atoms with Gasteiger partial charge in [0.05, 0.1) is 0 Å². The van der Waals surface area contributed by atoms with E-state index in [4.69, 9.17) is 11.5 Å². The first kappa shape index (κ1) is 12.5. The van der Waals surface area contributed by atoms with E-state index in [1.54, 1.807) is 0 Å². The molecule has 102 valence electrons. The Bertz CT molecular complexity index is 853. The number of nitrogens with zero attached hydrogens (tertiary/aromatic N) is 4. The molecule has 0 radical (unpaired) electrons. The number of fused-ring (bicyclic) bond motifs is 1. The van der Waals surface area contributed by atoms with Gasteiger partial charge in [0.2, 0.25) is 10.1 Å². The Hall–Kier alpha value is -2.48. The van der Waals surface area contributed by atoms with Crippen LogP contribution in [-0.2, 0) is 6.42 Å². The monoisotopic (exact) mass is 288 g/mol. The molecule has 2 aromatic heterocycles. The van der Waals surface area contributed by atoms with E-state index in [1.807, 2.05) is 25.1 Å². The highest BCUT2D eigenvalue weighted by molar-refractivity contribution is 7.20. The Morgan fingerprint density at radius 1 is 1.30 bits per heavy atom. The molecular formula is C12H12N6OS. The smallest absolute Gasteiger partial charge is 0.297 e. The fourth-order valence-corrected chi connectivity index (χ4v) is 2.53. The summed E-state index contributed by atoms with van der Waals surface area (Å²) in [6.07, 6.45) is 0.318. The molecule has 0 atom stereocenters. The lowest BCUT2D eigenvalue weighted by Crippen LogP contribution is -2.22. The predicted molar refractivity (Wildman–Crippen MR) is 77.7 cm³/mol. The van der Waals surface area contributed by atoms with Crippen molar-refractivity contribution < 1.29 is 0 Å². The van der Waals surface area contributed by atoms with Crippen LogP contribution in [0, 0.1) is 6.92 Å². The van der Waals surface area contributed by atoms with Crippen LogP contribution in [0.25, 0.3) is 4.96 Å². The van der Waals surface area contributed by atoms with Crippen LogP contribution in [0.3, 0.4) is 0 Å². The van der Waals surface area contributed by atoms with E-state index < -0.39 is 0 Å². The van der Waals surface area contributed by atoms with Crippen LogP contribution in [0.15, 0.2) is 23.0 Å². The summed E-state index contributed by atoms with van der Waals surface area (Å²) < 4.78 is 1.17. The topological polar surface area (TPSA) is 112 Å².